The maximum atomic E-state index is 11.4. The van der Waals surface area contributed by atoms with E-state index < -0.39 is 0 Å². The lowest BCUT2D eigenvalue weighted by Crippen LogP contribution is -2.02. The van der Waals surface area contributed by atoms with Crippen molar-refractivity contribution in [3.8, 4) is 0 Å². The lowest BCUT2D eigenvalue weighted by molar-refractivity contribution is 0.201. The number of halogens is 1. The first-order valence-corrected chi connectivity index (χ1v) is 3.23. The average molecular weight is 151 g/mol. The van der Waals surface area contributed by atoms with Crippen LogP contribution in [-0.2, 0) is 4.74 Å². The van der Waals surface area contributed by atoms with Gasteiger partial charge in [0.1, 0.15) is 0 Å². The molecule has 0 unspecified atom stereocenters. The lowest BCUT2D eigenvalue weighted by atomic mass is 10.4. The summed E-state index contributed by atoms with van der Waals surface area (Å²) in [6, 6.07) is 0. The number of rotatable bonds is 5. The van der Waals surface area contributed by atoms with Crippen LogP contribution in [0.3, 0.4) is 0 Å². The molecule has 1 N–H and O–H groups in total. The van der Waals surface area contributed by atoms with Crippen molar-refractivity contribution in [2.24, 2.45) is 0 Å². The Hall–Kier alpha value is -0.220. The van der Waals surface area contributed by atoms with Gasteiger partial charge in [-0.15, -0.1) is 3.89 Å². The topological polar surface area (TPSA) is 21.3 Å². The molecule has 2 nitrogen and oxygen atoms in total. The van der Waals surface area contributed by atoms with Gasteiger partial charge in [0.15, 0.2) is 12.3 Å². The van der Waals surface area contributed by atoms with E-state index >= 15 is 0 Å². The van der Waals surface area contributed by atoms with E-state index in [1.165, 1.54) is 0 Å². The highest BCUT2D eigenvalue weighted by atomic mass is 32.2. The van der Waals surface area contributed by atoms with Gasteiger partial charge >= 0.3 is 0 Å². The molecule has 0 saturated heterocycles. The van der Waals surface area contributed by atoms with Crippen molar-refractivity contribution >= 4 is 12.3 Å². The fourth-order valence-corrected chi connectivity index (χ4v) is 0.542. The van der Waals surface area contributed by atoms with Crippen LogP contribution in [0.25, 0.3) is 0 Å². The average Bonchev–Trinajstić information content (AvgIpc) is 1.85. The number of hydrogen-bond acceptors (Lipinski definition) is 3. The van der Waals surface area contributed by atoms with Gasteiger partial charge in [-0.25, -0.2) is 0 Å². The highest BCUT2D eigenvalue weighted by molar-refractivity contribution is 7.92. The predicted molar refractivity (Wildman–Crippen MR) is 37.5 cm³/mol. The Balaban J connectivity index is 3.06. The summed E-state index contributed by atoms with van der Waals surface area (Å²) in [5, 5.41) is 0. The minimum Gasteiger partial charge on any atom is -0.384 e. The van der Waals surface area contributed by atoms with Crippen molar-refractivity contribution in [1.29, 1.82) is 0 Å². The molecule has 0 aromatic rings. The number of hydrogen-bond donors (Lipinski definition) is 1. The number of ether oxygens (including phenoxy) is 1. The van der Waals surface area contributed by atoms with Crippen LogP contribution in [0.2, 0.25) is 0 Å². The highest BCUT2D eigenvalue weighted by Crippen LogP contribution is 2.00. The van der Waals surface area contributed by atoms with Crippen LogP contribution in [0.4, 0.5) is 3.89 Å². The summed E-state index contributed by atoms with van der Waals surface area (Å²) >= 11 is 0.0551. The zero-order valence-electron chi connectivity index (χ0n) is 5.32. The summed E-state index contributed by atoms with van der Waals surface area (Å²) in [7, 11) is 1.59. The molecule has 0 spiro atoms. The molecule has 0 aromatic carbocycles. The standard InChI is InChI=1S/C5H10FNOS/c1-5(7-9-6)3-4-8-2/h7H,1,3-4H2,2H3. The maximum Gasteiger partial charge on any atom is 0.162 e. The molecule has 0 rings (SSSR count). The summed E-state index contributed by atoms with van der Waals surface area (Å²) in [4.78, 5) is 0. The van der Waals surface area contributed by atoms with Crippen molar-refractivity contribution in [1.82, 2.24) is 4.72 Å². The lowest BCUT2D eigenvalue weighted by Gasteiger charge is -2.01. The van der Waals surface area contributed by atoms with Crippen molar-refractivity contribution in [3.63, 3.8) is 0 Å². The van der Waals surface area contributed by atoms with Crippen molar-refractivity contribution in [2.45, 2.75) is 6.42 Å². The van der Waals surface area contributed by atoms with Crippen molar-refractivity contribution < 1.29 is 8.62 Å². The Morgan fingerprint density at radius 3 is 3.00 bits per heavy atom. The number of nitrogens with one attached hydrogen (secondary N) is 1. The SMILES string of the molecule is C=C(CCOC)NSF. The third-order valence-electron chi connectivity index (χ3n) is 0.791. The monoisotopic (exact) mass is 151 g/mol. The fraction of sp³-hybridized carbons (Fsp3) is 0.600. The fourth-order valence-electron chi connectivity index (χ4n) is 0.331. The third-order valence-corrected chi connectivity index (χ3v) is 1.16. The molecule has 0 aromatic heterocycles. The van der Waals surface area contributed by atoms with Gasteiger partial charge in [-0.3, -0.25) is 0 Å². The molecule has 0 atom stereocenters. The Bertz CT molecular complexity index is 89.0. The zero-order valence-corrected chi connectivity index (χ0v) is 6.13. The first-order chi connectivity index (χ1) is 4.31. The third kappa shape index (κ3) is 5.65. The molecule has 0 saturated carbocycles. The summed E-state index contributed by atoms with van der Waals surface area (Å²) in [5.41, 5.74) is 0.643. The van der Waals surface area contributed by atoms with Gasteiger partial charge in [-0.1, -0.05) is 6.58 Å². The molecule has 0 aliphatic heterocycles. The van der Waals surface area contributed by atoms with Crippen molar-refractivity contribution in [2.75, 3.05) is 13.7 Å². The van der Waals surface area contributed by atoms with Crippen molar-refractivity contribution in [3.05, 3.63) is 12.3 Å². The quantitative estimate of drug-likeness (QED) is 0.604. The van der Waals surface area contributed by atoms with Gasteiger partial charge in [-0.2, -0.15) is 0 Å². The van der Waals surface area contributed by atoms with E-state index in [-0.39, 0.29) is 12.3 Å². The molecule has 0 aliphatic rings. The molecule has 9 heavy (non-hydrogen) atoms. The van der Waals surface area contributed by atoms with Crippen LogP contribution in [0.1, 0.15) is 6.42 Å². The van der Waals surface area contributed by atoms with E-state index in [1.54, 1.807) is 7.11 Å². The van der Waals surface area contributed by atoms with Crippen LogP contribution in [-0.4, -0.2) is 13.7 Å². The summed E-state index contributed by atoms with van der Waals surface area (Å²) in [6.07, 6.45) is 0.646. The van der Waals surface area contributed by atoms with Gasteiger partial charge in [0.25, 0.3) is 0 Å². The first-order valence-electron chi connectivity index (χ1n) is 2.51. The Morgan fingerprint density at radius 2 is 2.56 bits per heavy atom. The molecular formula is C5H10FNOS. The smallest absolute Gasteiger partial charge is 0.162 e. The summed E-state index contributed by atoms with van der Waals surface area (Å²) < 4.78 is 18.5. The molecule has 4 heteroatoms. The van der Waals surface area contributed by atoms with E-state index in [0.717, 1.165) is 0 Å². The van der Waals surface area contributed by atoms with Gasteiger partial charge < -0.3 is 9.46 Å². The van der Waals surface area contributed by atoms with E-state index in [0.29, 0.717) is 18.7 Å². The molecule has 0 bridgehead atoms. The Morgan fingerprint density at radius 1 is 1.89 bits per heavy atom. The second kappa shape index (κ2) is 5.91. The number of methoxy groups -OCH3 is 1. The minimum atomic E-state index is 0.0551. The van der Waals surface area contributed by atoms with Crippen LogP contribution in [0, 0.1) is 0 Å². The normalized spacial score (nSPS) is 9.11. The molecule has 0 radical (unpaired) electrons. The van der Waals surface area contributed by atoms with Crippen LogP contribution < -0.4 is 4.72 Å². The second-order valence-corrected chi connectivity index (χ2v) is 1.88. The van der Waals surface area contributed by atoms with E-state index in [9.17, 15) is 3.89 Å². The second-order valence-electron chi connectivity index (χ2n) is 1.53. The molecule has 54 valence electrons. The Kier molecular flexibility index (Phi) is 5.76. The van der Waals surface area contributed by atoms with Crippen LogP contribution in [0.5, 0.6) is 0 Å². The van der Waals surface area contributed by atoms with Gasteiger partial charge in [-0.05, 0) is 0 Å². The maximum absolute atomic E-state index is 11.4. The van der Waals surface area contributed by atoms with E-state index in [1.807, 2.05) is 0 Å². The molecule has 0 aliphatic carbocycles. The minimum absolute atomic E-state index is 0.0551. The largest absolute Gasteiger partial charge is 0.384 e. The first kappa shape index (κ1) is 8.78. The van der Waals surface area contributed by atoms with Gasteiger partial charge in [0.05, 0.1) is 6.61 Å². The summed E-state index contributed by atoms with van der Waals surface area (Å²) in [6.45, 7) is 4.11. The molecule has 0 fully saturated rings. The van der Waals surface area contributed by atoms with Gasteiger partial charge in [0.2, 0.25) is 0 Å². The predicted octanol–water partition coefficient (Wildman–Crippen LogP) is 1.66. The molecule has 0 amide bonds. The zero-order chi connectivity index (χ0) is 7.11. The summed E-state index contributed by atoms with van der Waals surface area (Å²) in [5.74, 6) is 0. The van der Waals surface area contributed by atoms with E-state index in [2.05, 4.69) is 11.3 Å². The van der Waals surface area contributed by atoms with E-state index in [4.69, 9.17) is 4.74 Å². The van der Waals surface area contributed by atoms with Crippen LogP contribution >= 0.6 is 12.3 Å². The Labute approximate surface area is 58.9 Å². The molecular weight excluding hydrogens is 141 g/mol. The van der Waals surface area contributed by atoms with Crippen LogP contribution in [0.15, 0.2) is 12.3 Å². The van der Waals surface area contributed by atoms with Gasteiger partial charge in [0, 0.05) is 19.2 Å². The highest BCUT2D eigenvalue weighted by Gasteiger charge is 1.90. The molecule has 0 heterocycles.